The number of aryl methyl sites for hydroxylation is 2. The Labute approximate surface area is 123 Å². The van der Waals surface area contributed by atoms with Gasteiger partial charge in [-0.15, -0.1) is 0 Å². The Morgan fingerprint density at radius 2 is 2.14 bits per heavy atom. The minimum Gasteiger partial charge on any atom is -0.478 e. The Bertz CT molecular complexity index is 710. The molecule has 0 saturated carbocycles. The van der Waals surface area contributed by atoms with Crippen LogP contribution < -0.4 is 5.32 Å². The monoisotopic (exact) mass is 282 g/mol. The smallest absolute Gasteiger partial charge is 0.339 e. The third kappa shape index (κ3) is 2.49. The van der Waals surface area contributed by atoms with Gasteiger partial charge in [-0.25, -0.2) is 9.78 Å². The zero-order chi connectivity index (χ0) is 15.0. The minimum atomic E-state index is -0.934. The van der Waals surface area contributed by atoms with Crippen molar-refractivity contribution in [3.05, 3.63) is 58.3 Å². The van der Waals surface area contributed by atoms with Gasteiger partial charge in [0.15, 0.2) is 0 Å². The lowest BCUT2D eigenvalue weighted by molar-refractivity contribution is 0.0697. The van der Waals surface area contributed by atoms with Gasteiger partial charge in [-0.05, 0) is 43.0 Å². The lowest BCUT2D eigenvalue weighted by atomic mass is 9.77. The third-order valence-corrected chi connectivity index (χ3v) is 4.04. The number of aromatic nitrogens is 1. The summed E-state index contributed by atoms with van der Waals surface area (Å²) in [6.07, 6.45) is 1.04. The molecule has 1 atom stereocenters. The van der Waals surface area contributed by atoms with Gasteiger partial charge in [0.05, 0.1) is 0 Å². The van der Waals surface area contributed by atoms with Crippen LogP contribution in [-0.4, -0.2) is 22.6 Å². The normalized spacial score (nSPS) is 16.0. The fourth-order valence-corrected chi connectivity index (χ4v) is 3.00. The Kier molecular flexibility index (Phi) is 3.37. The number of hydrogen-bond acceptors (Lipinski definition) is 3. The molecule has 1 aliphatic carbocycles. The molecule has 2 N–H and O–H groups in total. The zero-order valence-corrected chi connectivity index (χ0v) is 12.2. The second kappa shape index (κ2) is 5.20. The number of nitrogens with zero attached hydrogens (tertiary/aromatic N) is 1. The summed E-state index contributed by atoms with van der Waals surface area (Å²) in [4.78, 5) is 15.8. The summed E-state index contributed by atoms with van der Waals surface area (Å²) in [6.45, 7) is 4.40. The van der Waals surface area contributed by atoms with Crippen LogP contribution in [0.2, 0.25) is 0 Å². The number of carbonyl (C=O) groups is 1. The molecule has 0 amide bonds. The lowest BCUT2D eigenvalue weighted by Gasteiger charge is -2.30. The number of carboxylic acids is 1. The van der Waals surface area contributed by atoms with Crippen molar-refractivity contribution < 1.29 is 9.90 Å². The van der Waals surface area contributed by atoms with E-state index in [1.165, 1.54) is 11.1 Å². The molecule has 0 aliphatic heterocycles. The molecule has 0 radical (unpaired) electrons. The first kappa shape index (κ1) is 13.6. The van der Waals surface area contributed by atoms with Crippen LogP contribution in [0.1, 0.15) is 38.7 Å². The average molecular weight is 282 g/mol. The van der Waals surface area contributed by atoms with Crippen LogP contribution in [0.25, 0.3) is 0 Å². The molecule has 108 valence electrons. The van der Waals surface area contributed by atoms with Gasteiger partial charge in [0, 0.05) is 18.2 Å². The summed E-state index contributed by atoms with van der Waals surface area (Å²) >= 11 is 0. The molecule has 4 nitrogen and oxygen atoms in total. The average Bonchev–Trinajstić information content (AvgIpc) is 2.38. The van der Waals surface area contributed by atoms with Gasteiger partial charge >= 0.3 is 5.97 Å². The first-order valence-corrected chi connectivity index (χ1v) is 7.09. The number of rotatable bonds is 4. The van der Waals surface area contributed by atoms with Crippen LogP contribution in [0.4, 0.5) is 5.82 Å². The van der Waals surface area contributed by atoms with E-state index in [9.17, 15) is 9.90 Å². The van der Waals surface area contributed by atoms with Gasteiger partial charge in [0.1, 0.15) is 11.4 Å². The van der Waals surface area contributed by atoms with Gasteiger partial charge in [-0.2, -0.15) is 0 Å². The number of pyridine rings is 1. The van der Waals surface area contributed by atoms with E-state index in [4.69, 9.17) is 0 Å². The maximum atomic E-state index is 11.4. The molecule has 3 rings (SSSR count). The van der Waals surface area contributed by atoms with Gasteiger partial charge < -0.3 is 10.4 Å². The standard InChI is InChI=1S/C17H18N2O2/c1-10-7-11(2)19-16(15(10)17(20)21)18-9-13-8-12-5-3-4-6-14(12)13/h3-7,13H,8-9H2,1-2H3,(H,18,19)(H,20,21). The van der Waals surface area contributed by atoms with Crippen molar-refractivity contribution in [2.45, 2.75) is 26.2 Å². The highest BCUT2D eigenvalue weighted by molar-refractivity contribution is 5.94. The summed E-state index contributed by atoms with van der Waals surface area (Å²) in [6, 6.07) is 10.2. The predicted octanol–water partition coefficient (Wildman–Crippen LogP) is 3.15. The van der Waals surface area contributed by atoms with E-state index in [0.29, 0.717) is 18.3 Å². The summed E-state index contributed by atoms with van der Waals surface area (Å²) in [5.41, 5.74) is 4.58. The quantitative estimate of drug-likeness (QED) is 0.904. The number of nitrogens with one attached hydrogen (secondary N) is 1. The van der Waals surface area contributed by atoms with Crippen LogP contribution in [0.15, 0.2) is 30.3 Å². The van der Waals surface area contributed by atoms with Crippen molar-refractivity contribution in [3.8, 4) is 0 Å². The summed E-state index contributed by atoms with van der Waals surface area (Å²) < 4.78 is 0. The van der Waals surface area contributed by atoms with Gasteiger partial charge in [0.2, 0.25) is 0 Å². The second-order valence-electron chi connectivity index (χ2n) is 5.59. The molecule has 21 heavy (non-hydrogen) atoms. The van der Waals surface area contributed by atoms with E-state index in [2.05, 4.69) is 28.5 Å². The van der Waals surface area contributed by atoms with Gasteiger partial charge in [-0.3, -0.25) is 0 Å². The fourth-order valence-electron chi connectivity index (χ4n) is 3.00. The van der Waals surface area contributed by atoms with Crippen LogP contribution in [0.5, 0.6) is 0 Å². The molecule has 2 aromatic rings. The fraction of sp³-hybridized carbons (Fsp3) is 0.294. The molecule has 1 heterocycles. The molecule has 0 spiro atoms. The second-order valence-corrected chi connectivity index (χ2v) is 5.59. The first-order chi connectivity index (χ1) is 10.1. The van der Waals surface area contributed by atoms with Crippen molar-refractivity contribution in [2.24, 2.45) is 0 Å². The molecule has 1 aromatic carbocycles. The molecule has 0 bridgehead atoms. The Hall–Kier alpha value is -2.36. The third-order valence-electron chi connectivity index (χ3n) is 4.04. The molecular formula is C17H18N2O2. The van der Waals surface area contributed by atoms with E-state index < -0.39 is 5.97 Å². The SMILES string of the molecule is Cc1cc(C)c(C(=O)O)c(NCC2Cc3ccccc32)n1. The number of benzene rings is 1. The van der Waals surface area contributed by atoms with E-state index >= 15 is 0 Å². The molecule has 0 saturated heterocycles. The Balaban J connectivity index is 1.79. The van der Waals surface area contributed by atoms with Crippen molar-refractivity contribution >= 4 is 11.8 Å². The van der Waals surface area contributed by atoms with Crippen LogP contribution in [0, 0.1) is 13.8 Å². The topological polar surface area (TPSA) is 62.2 Å². The number of hydrogen-bond donors (Lipinski definition) is 2. The molecule has 0 fully saturated rings. The predicted molar refractivity (Wildman–Crippen MR) is 82.0 cm³/mol. The largest absolute Gasteiger partial charge is 0.478 e. The summed E-state index contributed by atoms with van der Waals surface area (Å²) in [7, 11) is 0. The first-order valence-electron chi connectivity index (χ1n) is 7.09. The Morgan fingerprint density at radius 3 is 2.86 bits per heavy atom. The van der Waals surface area contributed by atoms with Crippen LogP contribution >= 0.6 is 0 Å². The molecule has 1 aliphatic rings. The Morgan fingerprint density at radius 1 is 1.38 bits per heavy atom. The number of carboxylic acid groups (broad SMARTS) is 1. The van der Waals surface area contributed by atoms with E-state index in [1.54, 1.807) is 6.07 Å². The molecule has 1 aromatic heterocycles. The lowest BCUT2D eigenvalue weighted by Crippen LogP contribution is -2.25. The highest BCUT2D eigenvalue weighted by Crippen LogP contribution is 2.35. The number of anilines is 1. The molecular weight excluding hydrogens is 264 g/mol. The number of fused-ring (bicyclic) bond motifs is 1. The van der Waals surface area contributed by atoms with Crippen molar-refractivity contribution in [3.63, 3.8) is 0 Å². The number of aromatic carboxylic acids is 1. The zero-order valence-electron chi connectivity index (χ0n) is 12.2. The van der Waals surface area contributed by atoms with Crippen molar-refractivity contribution in [1.82, 2.24) is 4.98 Å². The maximum Gasteiger partial charge on any atom is 0.339 e. The summed E-state index contributed by atoms with van der Waals surface area (Å²) in [5, 5.41) is 12.6. The minimum absolute atomic E-state index is 0.271. The van der Waals surface area contributed by atoms with Crippen LogP contribution in [-0.2, 0) is 6.42 Å². The van der Waals surface area contributed by atoms with Gasteiger partial charge in [-0.1, -0.05) is 24.3 Å². The van der Waals surface area contributed by atoms with Gasteiger partial charge in [0.25, 0.3) is 0 Å². The van der Waals surface area contributed by atoms with E-state index in [-0.39, 0.29) is 5.56 Å². The molecule has 1 unspecified atom stereocenters. The highest BCUT2D eigenvalue weighted by atomic mass is 16.4. The van der Waals surface area contributed by atoms with Crippen LogP contribution in [0.3, 0.4) is 0 Å². The maximum absolute atomic E-state index is 11.4. The van der Waals surface area contributed by atoms with E-state index in [0.717, 1.165) is 17.7 Å². The van der Waals surface area contributed by atoms with Crippen molar-refractivity contribution in [2.75, 3.05) is 11.9 Å². The summed E-state index contributed by atoms with van der Waals surface area (Å²) in [5.74, 6) is -0.0219. The molecule has 4 heteroatoms. The highest BCUT2D eigenvalue weighted by Gasteiger charge is 2.26. The van der Waals surface area contributed by atoms with Crippen molar-refractivity contribution in [1.29, 1.82) is 0 Å². The van der Waals surface area contributed by atoms with E-state index in [1.807, 2.05) is 19.9 Å².